The van der Waals surface area contributed by atoms with Crippen molar-refractivity contribution in [2.24, 2.45) is 0 Å². The van der Waals surface area contributed by atoms with Crippen LogP contribution in [0.3, 0.4) is 0 Å². The van der Waals surface area contributed by atoms with Gasteiger partial charge >= 0.3 is 5.97 Å². The van der Waals surface area contributed by atoms with E-state index in [1.165, 1.54) is 321 Å². The van der Waals surface area contributed by atoms with Crippen molar-refractivity contribution in [3.05, 3.63) is 36.5 Å². The van der Waals surface area contributed by atoms with Gasteiger partial charge in [-0.25, -0.2) is 0 Å². The topological polar surface area (TPSA) is 95.9 Å². The number of aliphatic hydroxyl groups excluding tert-OH is 2. The SMILES string of the molecule is CCCCCCC/C=C\CCCCCCCC(=O)OCCCCCCCCCCC/C=C\C/C=C\CCCCCCCCCCCCCC(=O)NC(CO)C(O)CCCCCCCCCCCCCCCCCCCCCCCCC. The van der Waals surface area contributed by atoms with E-state index in [9.17, 15) is 19.8 Å². The van der Waals surface area contributed by atoms with Crippen LogP contribution in [0.1, 0.15) is 406 Å². The van der Waals surface area contributed by atoms with Crippen molar-refractivity contribution in [3.63, 3.8) is 0 Å². The normalized spacial score (nSPS) is 12.7. The number of hydrogen-bond acceptors (Lipinski definition) is 5. The summed E-state index contributed by atoms with van der Waals surface area (Å²) in [6, 6.07) is -0.546. The zero-order valence-corrected chi connectivity index (χ0v) is 54.8. The minimum absolute atomic E-state index is 0.00270. The predicted molar refractivity (Wildman–Crippen MR) is 356 cm³/mol. The number of esters is 1. The summed E-state index contributed by atoms with van der Waals surface area (Å²) in [5, 5.41) is 23.4. The molecule has 6 nitrogen and oxygen atoms in total. The number of ether oxygens (including phenoxy) is 1. The van der Waals surface area contributed by atoms with Gasteiger partial charge in [0.25, 0.3) is 0 Å². The summed E-state index contributed by atoms with van der Waals surface area (Å²) in [5.74, 6) is -0.0311. The lowest BCUT2D eigenvalue weighted by Crippen LogP contribution is -2.45. The van der Waals surface area contributed by atoms with Crippen LogP contribution in [0.4, 0.5) is 0 Å². The maximum atomic E-state index is 12.6. The number of aliphatic hydroxyl groups is 2. The molecule has 81 heavy (non-hydrogen) atoms. The molecule has 0 bridgehead atoms. The second-order valence-electron chi connectivity index (χ2n) is 25.3. The molecule has 3 N–H and O–H groups in total. The van der Waals surface area contributed by atoms with Gasteiger partial charge in [0.15, 0.2) is 0 Å². The largest absolute Gasteiger partial charge is 0.466 e. The molecule has 0 radical (unpaired) electrons. The molecule has 0 rings (SSSR count). The van der Waals surface area contributed by atoms with E-state index >= 15 is 0 Å². The van der Waals surface area contributed by atoms with Gasteiger partial charge in [-0.3, -0.25) is 9.59 Å². The average molecular weight is 1140 g/mol. The Hall–Kier alpha value is -1.92. The number of carbonyl (C=O) groups excluding carboxylic acids is 2. The number of allylic oxidation sites excluding steroid dienone is 6. The average Bonchev–Trinajstić information content (AvgIpc) is 3.47. The zero-order chi connectivity index (χ0) is 58.5. The molecule has 0 aromatic carbocycles. The fourth-order valence-corrected chi connectivity index (χ4v) is 11.6. The smallest absolute Gasteiger partial charge is 0.305 e. The lowest BCUT2D eigenvalue weighted by molar-refractivity contribution is -0.143. The van der Waals surface area contributed by atoms with Gasteiger partial charge in [0.05, 0.1) is 25.4 Å². The number of nitrogens with one attached hydrogen (secondary N) is 1. The van der Waals surface area contributed by atoms with Crippen molar-refractivity contribution in [2.75, 3.05) is 13.2 Å². The molecular weight excluding hydrogens is 995 g/mol. The van der Waals surface area contributed by atoms with Crippen LogP contribution >= 0.6 is 0 Å². The Bertz CT molecular complexity index is 1310. The van der Waals surface area contributed by atoms with Crippen LogP contribution in [-0.2, 0) is 14.3 Å². The maximum absolute atomic E-state index is 12.6. The van der Waals surface area contributed by atoms with Gasteiger partial charge in [0.2, 0.25) is 5.91 Å². The standard InChI is InChI=1S/C75H143NO5/c1-3-5-7-9-11-13-15-17-19-20-21-22-28-31-34-37-40-43-47-51-55-59-63-67-73(78)72(71-77)76-74(79)68-64-60-56-52-48-44-41-38-35-32-29-26-24-23-25-27-30-33-36-39-42-46-50-54-58-62-66-70-81-75(80)69-65-61-57-53-49-45-18-16-14-12-10-8-6-4-2/h16,18,23-24,27,30,72-73,77-78H,3-15,17,19-22,25-26,28-29,31-71H2,1-2H3,(H,76,79)/b18-16-,24-23-,30-27-. The molecule has 0 aliphatic carbocycles. The monoisotopic (exact) mass is 1140 g/mol. The lowest BCUT2D eigenvalue weighted by atomic mass is 10.0. The summed E-state index contributed by atoms with van der Waals surface area (Å²) in [6.07, 6.45) is 90.6. The minimum Gasteiger partial charge on any atom is -0.466 e. The van der Waals surface area contributed by atoms with Crippen molar-refractivity contribution in [2.45, 2.75) is 418 Å². The molecule has 0 heterocycles. The molecule has 0 saturated carbocycles. The van der Waals surface area contributed by atoms with E-state index < -0.39 is 12.1 Å². The van der Waals surface area contributed by atoms with E-state index in [1.54, 1.807) is 0 Å². The highest BCUT2D eigenvalue weighted by molar-refractivity contribution is 5.76. The molecule has 0 spiro atoms. The first kappa shape index (κ1) is 79.1. The van der Waals surface area contributed by atoms with Crippen LogP contribution in [0, 0.1) is 0 Å². The van der Waals surface area contributed by atoms with Crippen LogP contribution in [0.2, 0.25) is 0 Å². The Labute approximate surface area is 506 Å². The Balaban J connectivity index is 3.42. The fourth-order valence-electron chi connectivity index (χ4n) is 11.6. The third-order valence-corrected chi connectivity index (χ3v) is 17.2. The van der Waals surface area contributed by atoms with Gasteiger partial charge in [-0.1, -0.05) is 346 Å². The van der Waals surface area contributed by atoms with Crippen LogP contribution in [0.25, 0.3) is 0 Å². The van der Waals surface area contributed by atoms with E-state index in [2.05, 4.69) is 55.6 Å². The van der Waals surface area contributed by atoms with E-state index in [0.29, 0.717) is 25.9 Å². The first-order valence-corrected chi connectivity index (χ1v) is 36.7. The summed E-state index contributed by atoms with van der Waals surface area (Å²) in [6.45, 7) is 4.97. The van der Waals surface area contributed by atoms with Gasteiger partial charge in [-0.15, -0.1) is 0 Å². The van der Waals surface area contributed by atoms with Gasteiger partial charge in [-0.2, -0.15) is 0 Å². The summed E-state index contributed by atoms with van der Waals surface area (Å²) < 4.78 is 5.48. The quantitative estimate of drug-likeness (QED) is 0.0320. The summed E-state index contributed by atoms with van der Waals surface area (Å²) in [5.41, 5.74) is 0. The number of rotatable bonds is 69. The molecule has 1 amide bonds. The zero-order valence-electron chi connectivity index (χ0n) is 54.8. The minimum atomic E-state index is -0.668. The third-order valence-electron chi connectivity index (χ3n) is 17.2. The molecule has 0 aromatic heterocycles. The molecule has 0 aliphatic heterocycles. The Kier molecular flexibility index (Phi) is 68.9. The van der Waals surface area contributed by atoms with Crippen LogP contribution in [0.5, 0.6) is 0 Å². The molecule has 0 saturated heterocycles. The molecule has 0 aromatic rings. The molecule has 6 heteroatoms. The van der Waals surface area contributed by atoms with Gasteiger partial charge < -0.3 is 20.3 Å². The molecule has 478 valence electrons. The first-order valence-electron chi connectivity index (χ1n) is 36.7. The Morgan fingerprint density at radius 2 is 0.617 bits per heavy atom. The Morgan fingerprint density at radius 1 is 0.346 bits per heavy atom. The highest BCUT2D eigenvalue weighted by Crippen LogP contribution is 2.19. The van der Waals surface area contributed by atoms with Crippen molar-refractivity contribution in [3.8, 4) is 0 Å². The van der Waals surface area contributed by atoms with Crippen molar-refractivity contribution in [1.29, 1.82) is 0 Å². The van der Waals surface area contributed by atoms with Crippen LogP contribution < -0.4 is 5.32 Å². The summed E-state index contributed by atoms with van der Waals surface area (Å²) in [4.78, 5) is 24.6. The van der Waals surface area contributed by atoms with E-state index in [4.69, 9.17) is 4.74 Å². The highest BCUT2D eigenvalue weighted by atomic mass is 16.5. The highest BCUT2D eigenvalue weighted by Gasteiger charge is 2.20. The van der Waals surface area contributed by atoms with Crippen molar-refractivity contribution < 1.29 is 24.5 Å². The third kappa shape index (κ3) is 67.1. The van der Waals surface area contributed by atoms with Crippen LogP contribution in [-0.4, -0.2) is 47.4 Å². The number of amides is 1. The second kappa shape index (κ2) is 70.6. The summed E-state index contributed by atoms with van der Waals surface area (Å²) in [7, 11) is 0. The van der Waals surface area contributed by atoms with Gasteiger partial charge in [-0.05, 0) is 83.5 Å². The van der Waals surface area contributed by atoms with E-state index in [1.807, 2.05) is 0 Å². The number of unbranched alkanes of at least 4 members (excludes halogenated alkanes) is 52. The molecule has 0 aliphatic rings. The van der Waals surface area contributed by atoms with Gasteiger partial charge in [0, 0.05) is 12.8 Å². The molecule has 0 fully saturated rings. The van der Waals surface area contributed by atoms with E-state index in [0.717, 1.165) is 51.4 Å². The molecule has 2 atom stereocenters. The lowest BCUT2D eigenvalue weighted by Gasteiger charge is -2.22. The van der Waals surface area contributed by atoms with Crippen molar-refractivity contribution in [1.82, 2.24) is 5.32 Å². The number of carbonyl (C=O) groups is 2. The number of hydrogen-bond donors (Lipinski definition) is 3. The maximum Gasteiger partial charge on any atom is 0.305 e. The molecule has 2 unspecified atom stereocenters. The van der Waals surface area contributed by atoms with Crippen LogP contribution in [0.15, 0.2) is 36.5 Å². The van der Waals surface area contributed by atoms with E-state index in [-0.39, 0.29) is 18.5 Å². The Morgan fingerprint density at radius 3 is 0.951 bits per heavy atom. The molecular formula is C75H143NO5. The first-order chi connectivity index (χ1) is 40.0. The fraction of sp³-hybridized carbons (Fsp3) is 0.893. The summed E-state index contributed by atoms with van der Waals surface area (Å²) >= 11 is 0. The van der Waals surface area contributed by atoms with Gasteiger partial charge in [0.1, 0.15) is 0 Å². The van der Waals surface area contributed by atoms with Crippen molar-refractivity contribution >= 4 is 11.9 Å². The predicted octanol–water partition coefficient (Wildman–Crippen LogP) is 23.9. The second-order valence-corrected chi connectivity index (χ2v) is 25.3.